The van der Waals surface area contributed by atoms with Gasteiger partial charge in [-0.2, -0.15) is 8.78 Å². The molecule has 0 amide bonds. The van der Waals surface area contributed by atoms with Gasteiger partial charge in [0.05, 0.1) is 13.2 Å². The van der Waals surface area contributed by atoms with E-state index < -0.39 is 11.6 Å². The zero-order chi connectivity index (χ0) is 13.4. The van der Waals surface area contributed by atoms with Crippen LogP contribution in [-0.4, -0.2) is 13.2 Å². The number of unbranched alkanes of at least 4 members (excludes halogenated alkanes) is 3. The summed E-state index contributed by atoms with van der Waals surface area (Å²) in [6.07, 6.45) is 4.15. The SMILES string of the molecule is CCCCCCOc1ccc(OCC)c(F)c1F. The van der Waals surface area contributed by atoms with Gasteiger partial charge in [-0.05, 0) is 25.5 Å². The summed E-state index contributed by atoms with van der Waals surface area (Å²) in [5, 5.41) is 0. The number of hydrogen-bond donors (Lipinski definition) is 0. The molecule has 0 fully saturated rings. The summed E-state index contributed by atoms with van der Waals surface area (Å²) >= 11 is 0. The van der Waals surface area contributed by atoms with E-state index in [1.807, 2.05) is 0 Å². The van der Waals surface area contributed by atoms with E-state index in [1.54, 1.807) is 6.92 Å². The van der Waals surface area contributed by atoms with Crippen LogP contribution in [0.2, 0.25) is 0 Å². The Balaban J connectivity index is 2.54. The van der Waals surface area contributed by atoms with E-state index in [2.05, 4.69) is 6.92 Å². The first-order valence-electron chi connectivity index (χ1n) is 6.44. The Morgan fingerprint density at radius 1 is 0.889 bits per heavy atom. The molecule has 1 rings (SSSR count). The Morgan fingerprint density at radius 3 is 2.06 bits per heavy atom. The van der Waals surface area contributed by atoms with Gasteiger partial charge in [0, 0.05) is 0 Å². The van der Waals surface area contributed by atoms with Crippen LogP contribution in [0, 0.1) is 11.6 Å². The van der Waals surface area contributed by atoms with Gasteiger partial charge in [-0.25, -0.2) is 0 Å². The number of halogens is 2. The minimum atomic E-state index is -0.983. The van der Waals surface area contributed by atoms with Gasteiger partial charge in [0.2, 0.25) is 11.6 Å². The van der Waals surface area contributed by atoms with E-state index in [9.17, 15) is 8.78 Å². The van der Waals surface area contributed by atoms with Crippen molar-refractivity contribution in [3.63, 3.8) is 0 Å². The normalized spacial score (nSPS) is 10.4. The van der Waals surface area contributed by atoms with Crippen molar-refractivity contribution >= 4 is 0 Å². The molecule has 0 aliphatic rings. The average molecular weight is 258 g/mol. The van der Waals surface area contributed by atoms with E-state index in [0.29, 0.717) is 13.2 Å². The molecule has 18 heavy (non-hydrogen) atoms. The first-order chi connectivity index (χ1) is 8.70. The van der Waals surface area contributed by atoms with E-state index in [1.165, 1.54) is 12.1 Å². The molecule has 0 bridgehead atoms. The lowest BCUT2D eigenvalue weighted by Gasteiger charge is -2.10. The molecule has 0 saturated heterocycles. The summed E-state index contributed by atoms with van der Waals surface area (Å²) in [7, 11) is 0. The third-order valence-electron chi connectivity index (χ3n) is 2.57. The minimum Gasteiger partial charge on any atom is -0.491 e. The fourth-order valence-corrected chi connectivity index (χ4v) is 1.60. The first-order valence-corrected chi connectivity index (χ1v) is 6.44. The highest BCUT2D eigenvalue weighted by atomic mass is 19.2. The lowest BCUT2D eigenvalue weighted by atomic mass is 10.2. The molecule has 0 unspecified atom stereocenters. The molecule has 1 aromatic rings. The highest BCUT2D eigenvalue weighted by Gasteiger charge is 2.15. The van der Waals surface area contributed by atoms with Gasteiger partial charge in [-0.3, -0.25) is 0 Å². The van der Waals surface area contributed by atoms with Crippen molar-refractivity contribution in [1.29, 1.82) is 0 Å². The maximum Gasteiger partial charge on any atom is 0.204 e. The standard InChI is InChI=1S/C14H20F2O2/c1-3-5-6-7-10-18-12-9-8-11(17-4-2)13(15)14(12)16/h8-9H,3-7,10H2,1-2H3. The molecule has 0 aliphatic heterocycles. The fraction of sp³-hybridized carbons (Fsp3) is 0.571. The summed E-state index contributed by atoms with van der Waals surface area (Å²) in [5.74, 6) is -2.08. The summed E-state index contributed by atoms with van der Waals surface area (Å²) in [6, 6.07) is 2.80. The van der Waals surface area contributed by atoms with E-state index >= 15 is 0 Å². The smallest absolute Gasteiger partial charge is 0.204 e. The monoisotopic (exact) mass is 258 g/mol. The van der Waals surface area contributed by atoms with Crippen molar-refractivity contribution in [2.24, 2.45) is 0 Å². The van der Waals surface area contributed by atoms with Gasteiger partial charge in [0.15, 0.2) is 11.5 Å². The Kier molecular flexibility index (Phi) is 6.47. The second kappa shape index (κ2) is 7.90. The first kappa shape index (κ1) is 14.7. The predicted molar refractivity (Wildman–Crippen MR) is 67.2 cm³/mol. The maximum absolute atomic E-state index is 13.6. The fourth-order valence-electron chi connectivity index (χ4n) is 1.60. The van der Waals surface area contributed by atoms with Crippen molar-refractivity contribution in [1.82, 2.24) is 0 Å². The highest BCUT2D eigenvalue weighted by molar-refractivity contribution is 5.34. The van der Waals surface area contributed by atoms with Crippen molar-refractivity contribution < 1.29 is 18.3 Å². The van der Waals surface area contributed by atoms with Crippen LogP contribution in [0.1, 0.15) is 39.5 Å². The van der Waals surface area contributed by atoms with Crippen LogP contribution in [0.5, 0.6) is 11.5 Å². The van der Waals surface area contributed by atoms with E-state index in [4.69, 9.17) is 9.47 Å². The van der Waals surface area contributed by atoms with Gasteiger partial charge in [-0.15, -0.1) is 0 Å². The summed E-state index contributed by atoms with van der Waals surface area (Å²) in [4.78, 5) is 0. The molecule has 1 aromatic carbocycles. The molecule has 0 aliphatic carbocycles. The Labute approximate surface area is 107 Å². The molecular formula is C14H20F2O2. The van der Waals surface area contributed by atoms with Gasteiger partial charge in [-0.1, -0.05) is 26.2 Å². The molecule has 0 saturated carbocycles. The van der Waals surface area contributed by atoms with Crippen LogP contribution in [0.25, 0.3) is 0 Å². The summed E-state index contributed by atoms with van der Waals surface area (Å²) < 4.78 is 37.3. The van der Waals surface area contributed by atoms with Crippen LogP contribution in [-0.2, 0) is 0 Å². The van der Waals surface area contributed by atoms with Gasteiger partial charge in [0.25, 0.3) is 0 Å². The largest absolute Gasteiger partial charge is 0.491 e. The third kappa shape index (κ3) is 4.17. The average Bonchev–Trinajstić information content (AvgIpc) is 2.37. The lowest BCUT2D eigenvalue weighted by Crippen LogP contribution is -2.03. The number of rotatable bonds is 8. The van der Waals surface area contributed by atoms with Gasteiger partial charge >= 0.3 is 0 Å². The zero-order valence-electron chi connectivity index (χ0n) is 11.0. The van der Waals surface area contributed by atoms with Crippen molar-refractivity contribution in [3.05, 3.63) is 23.8 Å². The molecule has 0 aromatic heterocycles. The Hall–Kier alpha value is -1.32. The van der Waals surface area contributed by atoms with Crippen molar-refractivity contribution in [2.45, 2.75) is 39.5 Å². The molecule has 4 heteroatoms. The third-order valence-corrected chi connectivity index (χ3v) is 2.57. The van der Waals surface area contributed by atoms with Gasteiger partial charge < -0.3 is 9.47 Å². The van der Waals surface area contributed by atoms with Crippen LogP contribution in [0.3, 0.4) is 0 Å². The molecule has 2 nitrogen and oxygen atoms in total. The van der Waals surface area contributed by atoms with Crippen molar-refractivity contribution in [2.75, 3.05) is 13.2 Å². The molecule has 0 radical (unpaired) electrons. The molecular weight excluding hydrogens is 238 g/mol. The molecule has 0 atom stereocenters. The highest BCUT2D eigenvalue weighted by Crippen LogP contribution is 2.27. The van der Waals surface area contributed by atoms with Crippen LogP contribution < -0.4 is 9.47 Å². The Bertz CT molecular complexity index is 367. The number of benzene rings is 1. The van der Waals surface area contributed by atoms with E-state index in [0.717, 1.165) is 25.7 Å². The second-order valence-electron chi connectivity index (χ2n) is 4.03. The molecule has 102 valence electrons. The van der Waals surface area contributed by atoms with Crippen LogP contribution in [0.15, 0.2) is 12.1 Å². The predicted octanol–water partition coefficient (Wildman–Crippen LogP) is 4.32. The van der Waals surface area contributed by atoms with Gasteiger partial charge in [0.1, 0.15) is 0 Å². The second-order valence-corrected chi connectivity index (χ2v) is 4.03. The number of ether oxygens (including phenoxy) is 2. The minimum absolute atomic E-state index is 0.0487. The topological polar surface area (TPSA) is 18.5 Å². The maximum atomic E-state index is 13.6. The van der Waals surface area contributed by atoms with Crippen LogP contribution in [0.4, 0.5) is 8.78 Å². The molecule has 0 heterocycles. The Morgan fingerprint density at radius 2 is 1.50 bits per heavy atom. The number of hydrogen-bond acceptors (Lipinski definition) is 2. The van der Waals surface area contributed by atoms with E-state index in [-0.39, 0.29) is 11.5 Å². The van der Waals surface area contributed by atoms with Crippen LogP contribution >= 0.6 is 0 Å². The molecule has 0 N–H and O–H groups in total. The van der Waals surface area contributed by atoms with Crippen molar-refractivity contribution in [3.8, 4) is 11.5 Å². The summed E-state index contributed by atoms with van der Waals surface area (Å²) in [5.41, 5.74) is 0. The zero-order valence-corrected chi connectivity index (χ0v) is 11.0. The quantitative estimate of drug-likeness (QED) is 0.646. The summed E-state index contributed by atoms with van der Waals surface area (Å²) in [6.45, 7) is 4.54. The molecule has 0 spiro atoms. The lowest BCUT2D eigenvalue weighted by molar-refractivity contribution is 0.275.